The molecular weight excluding hydrogens is 262 g/mol. The fourth-order valence-electron chi connectivity index (χ4n) is 3.37. The Hall–Kier alpha value is -1.61. The maximum atomic E-state index is 12.4. The molecule has 1 heterocycles. The molecule has 3 heteroatoms. The van der Waals surface area contributed by atoms with Gasteiger partial charge < -0.3 is 9.64 Å². The van der Waals surface area contributed by atoms with E-state index in [1.165, 1.54) is 12.0 Å². The molecule has 21 heavy (non-hydrogen) atoms. The summed E-state index contributed by atoms with van der Waals surface area (Å²) in [6.07, 6.45) is 9.30. The number of rotatable bonds is 4. The first-order chi connectivity index (χ1) is 10.3. The molecule has 2 aliphatic rings. The Bertz CT molecular complexity index is 497. The standard InChI is InChI=1S/C18H23NO2/c20-18(12-5-4-9-15-7-2-1-3-8-15)19-13-14-21-17-11-6-10-16(17)19/h1-4,7-9,16-17H,5-6,10-14H2/b9-4-/t16-,17-/m1/s1. The van der Waals surface area contributed by atoms with Crippen LogP contribution in [-0.2, 0) is 9.53 Å². The lowest BCUT2D eigenvalue weighted by Crippen LogP contribution is -2.51. The van der Waals surface area contributed by atoms with Crippen LogP contribution in [0.4, 0.5) is 0 Å². The van der Waals surface area contributed by atoms with Gasteiger partial charge in [0.05, 0.1) is 18.8 Å². The second-order valence-corrected chi connectivity index (χ2v) is 5.85. The molecule has 0 unspecified atom stereocenters. The zero-order valence-corrected chi connectivity index (χ0v) is 12.4. The molecular formula is C18H23NO2. The summed E-state index contributed by atoms with van der Waals surface area (Å²) in [4.78, 5) is 14.5. The van der Waals surface area contributed by atoms with Gasteiger partial charge in [0.15, 0.2) is 0 Å². The average Bonchev–Trinajstić information content (AvgIpc) is 3.01. The normalized spacial score (nSPS) is 25.2. The summed E-state index contributed by atoms with van der Waals surface area (Å²) in [5.74, 6) is 0.285. The molecule has 1 aromatic carbocycles. The molecule has 2 fully saturated rings. The molecule has 1 saturated carbocycles. The maximum absolute atomic E-state index is 12.4. The van der Waals surface area contributed by atoms with Crippen LogP contribution in [0.5, 0.6) is 0 Å². The number of amides is 1. The van der Waals surface area contributed by atoms with Crippen molar-refractivity contribution in [3.63, 3.8) is 0 Å². The zero-order chi connectivity index (χ0) is 14.5. The third kappa shape index (κ3) is 3.53. The van der Waals surface area contributed by atoms with E-state index in [2.05, 4.69) is 29.2 Å². The Labute approximate surface area is 126 Å². The van der Waals surface area contributed by atoms with Gasteiger partial charge >= 0.3 is 0 Å². The van der Waals surface area contributed by atoms with Crippen LogP contribution in [0.2, 0.25) is 0 Å². The molecule has 0 spiro atoms. The quantitative estimate of drug-likeness (QED) is 0.850. The third-order valence-electron chi connectivity index (χ3n) is 4.44. The fraction of sp³-hybridized carbons (Fsp3) is 0.500. The Morgan fingerprint density at radius 1 is 1.29 bits per heavy atom. The van der Waals surface area contributed by atoms with Crippen LogP contribution in [-0.4, -0.2) is 36.1 Å². The highest BCUT2D eigenvalue weighted by molar-refractivity contribution is 5.77. The van der Waals surface area contributed by atoms with E-state index in [0.29, 0.717) is 25.2 Å². The van der Waals surface area contributed by atoms with Crippen molar-refractivity contribution >= 4 is 12.0 Å². The second kappa shape index (κ2) is 6.90. The SMILES string of the molecule is O=C(CC/C=C\c1ccccc1)N1CCO[C@@H]2CCC[C@H]21. The molecule has 1 saturated heterocycles. The Morgan fingerprint density at radius 2 is 2.14 bits per heavy atom. The molecule has 2 atom stereocenters. The van der Waals surface area contributed by atoms with Gasteiger partial charge in [0.2, 0.25) is 5.91 Å². The van der Waals surface area contributed by atoms with Gasteiger partial charge in [0.25, 0.3) is 0 Å². The molecule has 3 rings (SSSR count). The van der Waals surface area contributed by atoms with Crippen LogP contribution in [0.1, 0.15) is 37.7 Å². The smallest absolute Gasteiger partial charge is 0.223 e. The van der Waals surface area contributed by atoms with Crippen molar-refractivity contribution in [1.82, 2.24) is 4.90 Å². The van der Waals surface area contributed by atoms with Crippen molar-refractivity contribution in [2.45, 2.75) is 44.2 Å². The lowest BCUT2D eigenvalue weighted by atomic mass is 10.1. The number of hydrogen-bond donors (Lipinski definition) is 0. The Kier molecular flexibility index (Phi) is 4.71. The predicted octanol–water partition coefficient (Wildman–Crippen LogP) is 3.26. The van der Waals surface area contributed by atoms with Crippen molar-refractivity contribution < 1.29 is 9.53 Å². The van der Waals surface area contributed by atoms with Gasteiger partial charge in [-0.15, -0.1) is 0 Å². The number of carbonyl (C=O) groups is 1. The summed E-state index contributed by atoms with van der Waals surface area (Å²) in [6.45, 7) is 1.47. The summed E-state index contributed by atoms with van der Waals surface area (Å²) in [5.41, 5.74) is 1.19. The average molecular weight is 285 g/mol. The lowest BCUT2D eigenvalue weighted by Gasteiger charge is -2.37. The molecule has 1 aliphatic heterocycles. The monoisotopic (exact) mass is 285 g/mol. The van der Waals surface area contributed by atoms with E-state index in [1.54, 1.807) is 0 Å². The number of benzene rings is 1. The topological polar surface area (TPSA) is 29.5 Å². The van der Waals surface area contributed by atoms with Crippen molar-refractivity contribution in [1.29, 1.82) is 0 Å². The van der Waals surface area contributed by atoms with Crippen molar-refractivity contribution in [2.24, 2.45) is 0 Å². The minimum atomic E-state index is 0.285. The number of allylic oxidation sites excluding steroid dienone is 1. The Morgan fingerprint density at radius 3 is 3.00 bits per heavy atom. The number of ether oxygens (including phenoxy) is 1. The van der Waals surface area contributed by atoms with Crippen LogP contribution >= 0.6 is 0 Å². The summed E-state index contributed by atoms with van der Waals surface area (Å²) in [6, 6.07) is 10.5. The van der Waals surface area contributed by atoms with Crippen molar-refractivity contribution in [2.75, 3.05) is 13.2 Å². The highest BCUT2D eigenvalue weighted by Crippen LogP contribution is 2.30. The summed E-state index contributed by atoms with van der Waals surface area (Å²) >= 11 is 0. The first-order valence-corrected chi connectivity index (χ1v) is 7.97. The Balaban J connectivity index is 1.49. The van der Waals surface area contributed by atoms with Crippen LogP contribution in [0.3, 0.4) is 0 Å². The van der Waals surface area contributed by atoms with E-state index in [4.69, 9.17) is 4.74 Å². The number of morpholine rings is 1. The van der Waals surface area contributed by atoms with Crippen LogP contribution in [0, 0.1) is 0 Å². The molecule has 3 nitrogen and oxygen atoms in total. The van der Waals surface area contributed by atoms with E-state index in [9.17, 15) is 4.79 Å². The van der Waals surface area contributed by atoms with Gasteiger partial charge in [0, 0.05) is 13.0 Å². The molecule has 0 aromatic heterocycles. The van der Waals surface area contributed by atoms with Gasteiger partial charge in [-0.3, -0.25) is 4.79 Å². The van der Waals surface area contributed by atoms with Gasteiger partial charge in [-0.05, 0) is 31.2 Å². The van der Waals surface area contributed by atoms with Crippen molar-refractivity contribution in [3.8, 4) is 0 Å². The number of carbonyl (C=O) groups excluding carboxylic acids is 1. The maximum Gasteiger partial charge on any atom is 0.223 e. The van der Waals surface area contributed by atoms with Gasteiger partial charge in [-0.1, -0.05) is 42.5 Å². The van der Waals surface area contributed by atoms with Gasteiger partial charge in [-0.25, -0.2) is 0 Å². The van der Waals surface area contributed by atoms with Crippen LogP contribution < -0.4 is 0 Å². The molecule has 1 amide bonds. The number of fused-ring (bicyclic) bond motifs is 1. The van der Waals surface area contributed by atoms with Gasteiger partial charge in [0.1, 0.15) is 0 Å². The largest absolute Gasteiger partial charge is 0.374 e. The number of hydrogen-bond acceptors (Lipinski definition) is 2. The lowest BCUT2D eigenvalue weighted by molar-refractivity contribution is -0.143. The summed E-state index contributed by atoms with van der Waals surface area (Å²) in [7, 11) is 0. The van der Waals surface area contributed by atoms with E-state index < -0.39 is 0 Å². The fourth-order valence-corrected chi connectivity index (χ4v) is 3.37. The van der Waals surface area contributed by atoms with E-state index in [0.717, 1.165) is 25.8 Å². The summed E-state index contributed by atoms with van der Waals surface area (Å²) in [5, 5.41) is 0. The van der Waals surface area contributed by atoms with Crippen LogP contribution in [0.25, 0.3) is 6.08 Å². The molecule has 1 aliphatic carbocycles. The minimum Gasteiger partial charge on any atom is -0.374 e. The molecule has 0 bridgehead atoms. The first kappa shape index (κ1) is 14.3. The third-order valence-corrected chi connectivity index (χ3v) is 4.44. The highest BCUT2D eigenvalue weighted by atomic mass is 16.5. The van der Waals surface area contributed by atoms with Crippen LogP contribution in [0.15, 0.2) is 36.4 Å². The zero-order valence-electron chi connectivity index (χ0n) is 12.4. The van der Waals surface area contributed by atoms with E-state index >= 15 is 0 Å². The summed E-state index contributed by atoms with van der Waals surface area (Å²) < 4.78 is 5.76. The minimum absolute atomic E-state index is 0.285. The van der Waals surface area contributed by atoms with E-state index in [-0.39, 0.29) is 5.91 Å². The molecule has 0 N–H and O–H groups in total. The van der Waals surface area contributed by atoms with Gasteiger partial charge in [-0.2, -0.15) is 0 Å². The molecule has 112 valence electrons. The van der Waals surface area contributed by atoms with E-state index in [1.807, 2.05) is 18.2 Å². The number of nitrogens with zero attached hydrogens (tertiary/aromatic N) is 1. The van der Waals surface area contributed by atoms with Crippen molar-refractivity contribution in [3.05, 3.63) is 42.0 Å². The first-order valence-electron chi connectivity index (χ1n) is 7.97. The molecule has 1 aromatic rings. The predicted molar refractivity (Wildman–Crippen MR) is 83.8 cm³/mol. The molecule has 0 radical (unpaired) electrons. The second-order valence-electron chi connectivity index (χ2n) is 5.85. The highest BCUT2D eigenvalue weighted by Gasteiger charge is 2.37.